The lowest BCUT2D eigenvalue weighted by Crippen LogP contribution is -2.26. The Kier molecular flexibility index (Phi) is 7.26. The number of rotatable bonds is 6. The first-order chi connectivity index (χ1) is 26.0. The third-order valence-corrected chi connectivity index (χ3v) is 11.4. The Hall–Kier alpha value is -6.51. The van der Waals surface area contributed by atoms with Crippen molar-refractivity contribution < 1.29 is 0 Å². The van der Waals surface area contributed by atoms with Gasteiger partial charge >= 0.3 is 0 Å². The van der Waals surface area contributed by atoms with Gasteiger partial charge in [0.25, 0.3) is 0 Å². The van der Waals surface area contributed by atoms with Crippen molar-refractivity contribution in [2.75, 3.05) is 0 Å². The second kappa shape index (κ2) is 12.3. The van der Waals surface area contributed by atoms with E-state index in [2.05, 4.69) is 206 Å². The number of pyridine rings is 1. The van der Waals surface area contributed by atoms with Gasteiger partial charge in [-0.05, 0) is 79.9 Å². The number of hydrogen-bond acceptors (Lipinski definition) is 1. The van der Waals surface area contributed by atoms with Gasteiger partial charge in [0.2, 0.25) is 0 Å². The zero-order valence-corrected chi connectivity index (χ0v) is 29.9. The molecule has 1 aliphatic rings. The van der Waals surface area contributed by atoms with Gasteiger partial charge in [-0.15, -0.1) is 0 Å². The zero-order valence-electron chi connectivity index (χ0n) is 29.9. The molecule has 2 heteroatoms. The molecule has 3 heterocycles. The molecule has 252 valence electrons. The molecule has 0 atom stereocenters. The van der Waals surface area contributed by atoms with Gasteiger partial charge in [-0.3, -0.25) is 4.98 Å². The molecule has 53 heavy (non-hydrogen) atoms. The molecular formula is C51H38N2. The van der Waals surface area contributed by atoms with Crippen molar-refractivity contribution in [2.45, 2.75) is 25.2 Å². The van der Waals surface area contributed by atoms with E-state index < -0.39 is 0 Å². The summed E-state index contributed by atoms with van der Waals surface area (Å²) in [4.78, 5) is 4.58. The van der Waals surface area contributed by atoms with E-state index in [4.69, 9.17) is 0 Å². The highest BCUT2D eigenvalue weighted by molar-refractivity contribution is 6.12. The summed E-state index contributed by atoms with van der Waals surface area (Å²) in [6.45, 7) is 4.68. The minimum absolute atomic E-state index is 0.0863. The van der Waals surface area contributed by atoms with Gasteiger partial charge in [0.1, 0.15) is 0 Å². The molecule has 0 unspecified atom stereocenters. The molecule has 1 aliphatic heterocycles. The summed E-state index contributed by atoms with van der Waals surface area (Å²) >= 11 is 0. The minimum atomic E-state index is -0.203. The maximum atomic E-state index is 4.58. The van der Waals surface area contributed by atoms with Gasteiger partial charge in [-0.25, -0.2) is 0 Å². The first-order valence-electron chi connectivity index (χ1n) is 18.5. The Bertz CT molecular complexity index is 2670. The Morgan fingerprint density at radius 3 is 1.51 bits per heavy atom. The van der Waals surface area contributed by atoms with E-state index in [0.29, 0.717) is 0 Å². The largest absolute Gasteiger partial charge is 0.309 e. The van der Waals surface area contributed by atoms with Crippen LogP contribution in [0.1, 0.15) is 47.6 Å². The second-order valence-electron chi connectivity index (χ2n) is 14.8. The summed E-state index contributed by atoms with van der Waals surface area (Å²) < 4.78 is 2.45. The lowest BCUT2D eigenvalue weighted by atomic mass is 9.74. The fraction of sp³-hybridized carbons (Fsp3) is 0.0784. The monoisotopic (exact) mass is 678 g/mol. The summed E-state index contributed by atoms with van der Waals surface area (Å²) in [5.74, 6) is 0.0863. The first-order valence-corrected chi connectivity index (χ1v) is 18.5. The van der Waals surface area contributed by atoms with E-state index >= 15 is 0 Å². The summed E-state index contributed by atoms with van der Waals surface area (Å²) in [7, 11) is 0. The van der Waals surface area contributed by atoms with Crippen LogP contribution < -0.4 is 0 Å². The van der Waals surface area contributed by atoms with E-state index in [9.17, 15) is 0 Å². The van der Waals surface area contributed by atoms with E-state index in [-0.39, 0.29) is 11.3 Å². The fourth-order valence-corrected chi connectivity index (χ4v) is 8.64. The van der Waals surface area contributed by atoms with Gasteiger partial charge in [-0.1, -0.05) is 166 Å². The third-order valence-electron chi connectivity index (χ3n) is 11.4. The van der Waals surface area contributed by atoms with Crippen LogP contribution in [0, 0.1) is 0 Å². The molecule has 10 rings (SSSR count). The average molecular weight is 679 g/mol. The van der Waals surface area contributed by atoms with E-state index in [1.165, 1.54) is 88.7 Å². The van der Waals surface area contributed by atoms with Crippen molar-refractivity contribution in [3.8, 4) is 39.1 Å². The molecule has 0 saturated carbocycles. The fourth-order valence-electron chi connectivity index (χ4n) is 8.64. The molecule has 0 radical (unpaired) electrons. The highest BCUT2D eigenvalue weighted by Gasteiger charge is 2.36. The molecule has 0 bridgehead atoms. The molecule has 2 aromatic heterocycles. The smallest absolute Gasteiger partial charge is 0.0582 e. The molecule has 0 fully saturated rings. The molecule has 0 spiro atoms. The number of benzene rings is 7. The van der Waals surface area contributed by atoms with Crippen LogP contribution in [0.2, 0.25) is 0 Å². The Morgan fingerprint density at radius 1 is 0.453 bits per heavy atom. The van der Waals surface area contributed by atoms with Crippen LogP contribution in [0.5, 0.6) is 0 Å². The number of para-hydroxylation sites is 1. The predicted octanol–water partition coefficient (Wildman–Crippen LogP) is 13.0. The summed E-state index contributed by atoms with van der Waals surface area (Å²) in [6, 6.07) is 64.6. The number of aromatic nitrogens is 2. The number of fused-ring (bicyclic) bond motifs is 5. The van der Waals surface area contributed by atoms with E-state index in [0.717, 1.165) is 0 Å². The van der Waals surface area contributed by atoms with Gasteiger partial charge in [-0.2, -0.15) is 0 Å². The Balaban J connectivity index is 1.08. The molecule has 0 aliphatic carbocycles. The molecule has 0 amide bonds. The molecule has 0 N–H and O–H groups in total. The minimum Gasteiger partial charge on any atom is -0.309 e. The van der Waals surface area contributed by atoms with Crippen molar-refractivity contribution >= 4 is 21.8 Å². The first kappa shape index (κ1) is 31.2. The molecular weight excluding hydrogens is 641 g/mol. The standard InChI is InChI=1S/C51H38N2/c1-51(2)45-32-42(31-44-43-15-9-10-16-47(43)53(50(44)45)48-29-30-52-33-46(48)51)38-21-27-41(28-22-38)49(39-23-17-36(18-24-39)34-11-5-3-6-12-34)40-25-19-37(20-26-40)35-13-7-4-8-14-35/h3-33,49H,1-2H3. The molecule has 2 nitrogen and oxygen atoms in total. The van der Waals surface area contributed by atoms with Crippen LogP contribution in [-0.4, -0.2) is 9.55 Å². The van der Waals surface area contributed by atoms with Crippen molar-refractivity contribution in [2.24, 2.45) is 0 Å². The third kappa shape index (κ3) is 5.13. The lowest BCUT2D eigenvalue weighted by Gasteiger charge is -2.34. The zero-order chi connectivity index (χ0) is 35.5. The van der Waals surface area contributed by atoms with Crippen LogP contribution >= 0.6 is 0 Å². The molecule has 0 saturated heterocycles. The quantitative estimate of drug-likeness (QED) is 0.160. The maximum Gasteiger partial charge on any atom is 0.0582 e. The number of hydrogen-bond donors (Lipinski definition) is 0. The van der Waals surface area contributed by atoms with Crippen molar-refractivity contribution in [1.29, 1.82) is 0 Å². The Labute approximate surface area is 310 Å². The normalized spacial score (nSPS) is 13.0. The number of nitrogens with zero attached hydrogens (tertiary/aromatic N) is 2. The lowest BCUT2D eigenvalue weighted by molar-refractivity contribution is 0.627. The van der Waals surface area contributed by atoms with Gasteiger partial charge in [0.15, 0.2) is 0 Å². The van der Waals surface area contributed by atoms with Crippen LogP contribution in [0.3, 0.4) is 0 Å². The highest BCUT2D eigenvalue weighted by atomic mass is 15.0. The average Bonchev–Trinajstić information content (AvgIpc) is 3.56. The summed E-state index contributed by atoms with van der Waals surface area (Å²) in [6.07, 6.45) is 3.97. The summed E-state index contributed by atoms with van der Waals surface area (Å²) in [5, 5.41) is 2.57. The van der Waals surface area contributed by atoms with Crippen LogP contribution in [0.25, 0.3) is 60.9 Å². The molecule has 7 aromatic carbocycles. The van der Waals surface area contributed by atoms with Gasteiger partial charge in [0, 0.05) is 40.1 Å². The van der Waals surface area contributed by atoms with Gasteiger partial charge in [0.05, 0.1) is 16.7 Å². The SMILES string of the molecule is CC1(C)c2cnccc2-n2c3ccccc3c3cc(-c4ccc(C(c5ccc(-c6ccccc6)cc5)c5ccc(-c6ccccc6)cc5)cc4)cc1c32. The Morgan fingerprint density at radius 2 is 0.943 bits per heavy atom. The van der Waals surface area contributed by atoms with Crippen LogP contribution in [0.4, 0.5) is 0 Å². The van der Waals surface area contributed by atoms with Crippen LogP contribution in [0.15, 0.2) is 188 Å². The van der Waals surface area contributed by atoms with Crippen LogP contribution in [-0.2, 0) is 5.41 Å². The predicted molar refractivity (Wildman–Crippen MR) is 221 cm³/mol. The van der Waals surface area contributed by atoms with Gasteiger partial charge < -0.3 is 4.57 Å². The highest BCUT2D eigenvalue weighted by Crippen LogP contribution is 2.49. The van der Waals surface area contributed by atoms with E-state index in [1.807, 2.05) is 6.20 Å². The maximum absolute atomic E-state index is 4.58. The summed E-state index contributed by atoms with van der Waals surface area (Å²) in [5.41, 5.74) is 17.3. The van der Waals surface area contributed by atoms with Crippen molar-refractivity contribution in [3.05, 3.63) is 216 Å². The second-order valence-corrected chi connectivity index (χ2v) is 14.8. The van der Waals surface area contributed by atoms with E-state index in [1.54, 1.807) is 0 Å². The van der Waals surface area contributed by atoms with Crippen molar-refractivity contribution in [1.82, 2.24) is 9.55 Å². The topological polar surface area (TPSA) is 17.8 Å². The van der Waals surface area contributed by atoms with Crippen molar-refractivity contribution in [3.63, 3.8) is 0 Å². The molecule has 9 aromatic rings.